The van der Waals surface area contributed by atoms with Crippen LogP contribution >= 0.6 is 0 Å². The van der Waals surface area contributed by atoms with Crippen molar-refractivity contribution < 1.29 is 22.7 Å². The second-order valence-electron chi connectivity index (χ2n) is 5.98. The zero-order chi connectivity index (χ0) is 19.9. The second kappa shape index (κ2) is 9.38. The van der Waals surface area contributed by atoms with Crippen molar-refractivity contribution in [1.29, 1.82) is 0 Å². The Kier molecular flexibility index (Phi) is 7.20. The summed E-state index contributed by atoms with van der Waals surface area (Å²) in [7, 11) is -0.530. The SMILES string of the molecule is COc1cc(OC)cc(C(=O)NCCS(=O)(=O)NCc2ccc(C)cc2)c1. The van der Waals surface area contributed by atoms with Crippen LogP contribution in [0.1, 0.15) is 21.5 Å². The zero-order valence-electron chi connectivity index (χ0n) is 15.6. The monoisotopic (exact) mass is 392 g/mol. The summed E-state index contributed by atoms with van der Waals surface area (Å²) in [5, 5.41) is 2.59. The van der Waals surface area contributed by atoms with Gasteiger partial charge in [-0.2, -0.15) is 0 Å². The Morgan fingerprint density at radius 2 is 1.59 bits per heavy atom. The highest BCUT2D eigenvalue weighted by Crippen LogP contribution is 2.22. The summed E-state index contributed by atoms with van der Waals surface area (Å²) < 4.78 is 36.9. The molecule has 1 amide bonds. The van der Waals surface area contributed by atoms with Gasteiger partial charge in [-0.3, -0.25) is 4.79 Å². The van der Waals surface area contributed by atoms with Crippen LogP contribution in [-0.4, -0.2) is 40.8 Å². The van der Waals surface area contributed by atoms with E-state index in [1.165, 1.54) is 14.2 Å². The van der Waals surface area contributed by atoms with Crippen LogP contribution in [0.4, 0.5) is 0 Å². The molecule has 2 aromatic rings. The van der Waals surface area contributed by atoms with Gasteiger partial charge in [0.2, 0.25) is 10.0 Å². The van der Waals surface area contributed by atoms with E-state index in [-0.39, 0.29) is 18.8 Å². The average molecular weight is 392 g/mol. The van der Waals surface area contributed by atoms with Crippen LogP contribution in [0.5, 0.6) is 11.5 Å². The summed E-state index contributed by atoms with van der Waals surface area (Å²) in [5.41, 5.74) is 2.31. The first-order chi connectivity index (χ1) is 12.8. The molecule has 0 radical (unpaired) electrons. The van der Waals surface area contributed by atoms with E-state index < -0.39 is 15.9 Å². The van der Waals surface area contributed by atoms with Crippen LogP contribution < -0.4 is 19.5 Å². The Labute approximate surface area is 159 Å². The number of ether oxygens (including phenoxy) is 2. The topological polar surface area (TPSA) is 93.7 Å². The molecule has 0 bridgehead atoms. The number of benzene rings is 2. The molecule has 27 heavy (non-hydrogen) atoms. The molecule has 0 saturated carbocycles. The smallest absolute Gasteiger partial charge is 0.251 e. The Morgan fingerprint density at radius 3 is 2.15 bits per heavy atom. The Balaban J connectivity index is 1.87. The van der Waals surface area contributed by atoms with Crippen molar-refractivity contribution in [3.8, 4) is 11.5 Å². The second-order valence-corrected chi connectivity index (χ2v) is 7.91. The molecule has 0 unspecified atom stereocenters. The number of methoxy groups -OCH3 is 2. The molecule has 8 heteroatoms. The Morgan fingerprint density at radius 1 is 1.00 bits per heavy atom. The average Bonchev–Trinajstić information content (AvgIpc) is 2.66. The van der Waals surface area contributed by atoms with E-state index in [4.69, 9.17) is 9.47 Å². The molecule has 2 N–H and O–H groups in total. The Hall–Kier alpha value is -2.58. The number of rotatable bonds is 9. The number of carbonyl (C=O) groups excluding carboxylic acids is 1. The molecule has 0 aliphatic rings. The predicted molar refractivity (Wildman–Crippen MR) is 104 cm³/mol. The summed E-state index contributed by atoms with van der Waals surface area (Å²) >= 11 is 0. The lowest BCUT2D eigenvalue weighted by molar-refractivity contribution is 0.0955. The van der Waals surface area contributed by atoms with Gasteiger partial charge in [-0.25, -0.2) is 13.1 Å². The molecule has 0 aliphatic heterocycles. The lowest BCUT2D eigenvalue weighted by Crippen LogP contribution is -2.34. The highest BCUT2D eigenvalue weighted by atomic mass is 32.2. The lowest BCUT2D eigenvalue weighted by Gasteiger charge is -2.10. The minimum Gasteiger partial charge on any atom is -0.497 e. The molecule has 0 fully saturated rings. The maximum absolute atomic E-state index is 12.2. The lowest BCUT2D eigenvalue weighted by atomic mass is 10.2. The standard InChI is InChI=1S/C19H24N2O5S/c1-14-4-6-15(7-5-14)13-21-27(23,24)9-8-20-19(22)16-10-17(25-2)12-18(11-16)26-3/h4-7,10-12,21H,8-9,13H2,1-3H3,(H,20,22). The molecule has 0 heterocycles. The fourth-order valence-corrected chi connectivity index (χ4v) is 3.21. The quantitative estimate of drug-likeness (QED) is 0.679. The number of hydrogen-bond acceptors (Lipinski definition) is 5. The summed E-state index contributed by atoms with van der Waals surface area (Å²) in [6, 6.07) is 12.4. The fourth-order valence-electron chi connectivity index (χ4n) is 2.31. The number of carbonyl (C=O) groups is 1. The van der Waals surface area contributed by atoms with Gasteiger partial charge < -0.3 is 14.8 Å². The first kappa shape index (κ1) is 20.7. The maximum atomic E-state index is 12.2. The van der Waals surface area contributed by atoms with Gasteiger partial charge in [-0.1, -0.05) is 29.8 Å². The summed E-state index contributed by atoms with van der Waals surface area (Å²) in [6.07, 6.45) is 0. The van der Waals surface area contributed by atoms with Gasteiger partial charge >= 0.3 is 0 Å². The maximum Gasteiger partial charge on any atom is 0.251 e. The van der Waals surface area contributed by atoms with Crippen molar-refractivity contribution in [3.63, 3.8) is 0 Å². The van der Waals surface area contributed by atoms with Gasteiger partial charge in [-0.15, -0.1) is 0 Å². The summed E-state index contributed by atoms with van der Waals surface area (Å²) in [4.78, 5) is 12.2. The van der Waals surface area contributed by atoms with E-state index in [9.17, 15) is 13.2 Å². The largest absolute Gasteiger partial charge is 0.497 e. The van der Waals surface area contributed by atoms with Gasteiger partial charge in [0.15, 0.2) is 0 Å². The normalized spacial score (nSPS) is 11.1. The van der Waals surface area contributed by atoms with Crippen LogP contribution in [0.15, 0.2) is 42.5 Å². The molecular weight excluding hydrogens is 368 g/mol. The van der Waals surface area contributed by atoms with Gasteiger partial charge in [0.25, 0.3) is 5.91 Å². The number of sulfonamides is 1. The molecule has 2 aromatic carbocycles. The zero-order valence-corrected chi connectivity index (χ0v) is 16.4. The van der Waals surface area contributed by atoms with Crippen LogP contribution in [0.3, 0.4) is 0 Å². The first-order valence-electron chi connectivity index (χ1n) is 8.37. The molecule has 7 nitrogen and oxygen atoms in total. The Bertz CT molecular complexity index is 857. The molecule has 0 atom stereocenters. The number of hydrogen-bond donors (Lipinski definition) is 2. The van der Waals surface area contributed by atoms with Crippen molar-refractivity contribution in [2.24, 2.45) is 0 Å². The van der Waals surface area contributed by atoms with Gasteiger partial charge in [0, 0.05) is 24.7 Å². The third kappa shape index (κ3) is 6.58. The van der Waals surface area contributed by atoms with Crippen molar-refractivity contribution >= 4 is 15.9 Å². The number of nitrogens with one attached hydrogen (secondary N) is 2. The van der Waals surface area contributed by atoms with Crippen molar-refractivity contribution in [1.82, 2.24) is 10.0 Å². The van der Waals surface area contributed by atoms with Gasteiger partial charge in [-0.05, 0) is 24.6 Å². The third-order valence-electron chi connectivity index (χ3n) is 3.89. The summed E-state index contributed by atoms with van der Waals surface area (Å²) in [6.45, 7) is 2.17. The first-order valence-corrected chi connectivity index (χ1v) is 10.0. The minimum absolute atomic E-state index is 0.0123. The van der Waals surface area contributed by atoms with Crippen LogP contribution in [-0.2, 0) is 16.6 Å². The van der Waals surface area contributed by atoms with E-state index in [0.717, 1.165) is 11.1 Å². The van der Waals surface area contributed by atoms with Crippen LogP contribution in [0.25, 0.3) is 0 Å². The molecule has 2 rings (SSSR count). The van der Waals surface area contributed by atoms with Crippen molar-refractivity contribution in [3.05, 3.63) is 59.2 Å². The number of aryl methyl sites for hydroxylation is 1. The fraction of sp³-hybridized carbons (Fsp3) is 0.316. The van der Waals surface area contributed by atoms with E-state index in [0.29, 0.717) is 17.1 Å². The van der Waals surface area contributed by atoms with E-state index in [2.05, 4.69) is 10.0 Å². The van der Waals surface area contributed by atoms with E-state index in [1.54, 1.807) is 18.2 Å². The van der Waals surface area contributed by atoms with E-state index >= 15 is 0 Å². The highest BCUT2D eigenvalue weighted by molar-refractivity contribution is 7.89. The molecule has 0 aromatic heterocycles. The van der Waals surface area contributed by atoms with Crippen LogP contribution in [0.2, 0.25) is 0 Å². The number of amides is 1. The highest BCUT2D eigenvalue weighted by Gasteiger charge is 2.13. The molecule has 0 spiro atoms. The molecule has 0 aliphatic carbocycles. The minimum atomic E-state index is -3.51. The van der Waals surface area contributed by atoms with Gasteiger partial charge in [0.05, 0.1) is 20.0 Å². The van der Waals surface area contributed by atoms with Crippen molar-refractivity contribution in [2.45, 2.75) is 13.5 Å². The molecule has 0 saturated heterocycles. The van der Waals surface area contributed by atoms with Crippen LogP contribution in [0, 0.1) is 6.92 Å². The molecular formula is C19H24N2O5S. The summed E-state index contributed by atoms with van der Waals surface area (Å²) in [5.74, 6) is 0.339. The van der Waals surface area contributed by atoms with Crippen molar-refractivity contribution in [2.75, 3.05) is 26.5 Å². The predicted octanol–water partition coefficient (Wildman–Crippen LogP) is 1.86. The molecule has 146 valence electrons. The van der Waals surface area contributed by atoms with Gasteiger partial charge in [0.1, 0.15) is 11.5 Å². The van der Waals surface area contributed by atoms with E-state index in [1.807, 2.05) is 31.2 Å². The third-order valence-corrected chi connectivity index (χ3v) is 5.21.